The Balaban J connectivity index is 2.16. The van der Waals surface area contributed by atoms with Crippen molar-refractivity contribution < 1.29 is 12.8 Å². The summed E-state index contributed by atoms with van der Waals surface area (Å²) in [5.74, 6) is 5.40. The molecule has 2 unspecified atom stereocenters. The van der Waals surface area contributed by atoms with E-state index >= 15 is 0 Å². The van der Waals surface area contributed by atoms with Crippen LogP contribution in [0, 0.1) is 5.82 Å². The molecule has 0 aliphatic carbocycles. The third-order valence-corrected chi connectivity index (χ3v) is 5.98. The van der Waals surface area contributed by atoms with Crippen molar-refractivity contribution in [2.24, 2.45) is 5.84 Å². The van der Waals surface area contributed by atoms with Crippen molar-refractivity contribution in [3.8, 4) is 0 Å². The Kier molecular flexibility index (Phi) is 4.54. The summed E-state index contributed by atoms with van der Waals surface area (Å²) in [5.41, 5.74) is 3.35. The Morgan fingerprint density at radius 1 is 1.42 bits per heavy atom. The lowest BCUT2D eigenvalue weighted by Crippen LogP contribution is -2.50. The van der Waals surface area contributed by atoms with E-state index in [1.165, 1.54) is 12.1 Å². The van der Waals surface area contributed by atoms with Crippen molar-refractivity contribution >= 4 is 9.84 Å². The summed E-state index contributed by atoms with van der Waals surface area (Å²) in [5, 5.41) is -0.477. The average Bonchev–Trinajstić information content (AvgIpc) is 2.36. The minimum absolute atomic E-state index is 0.221. The van der Waals surface area contributed by atoms with Gasteiger partial charge < -0.3 is 0 Å². The molecule has 0 spiro atoms. The zero-order chi connectivity index (χ0) is 13.9. The van der Waals surface area contributed by atoms with Gasteiger partial charge in [-0.15, -0.1) is 0 Å². The van der Waals surface area contributed by atoms with Gasteiger partial charge in [0, 0.05) is 6.04 Å². The summed E-state index contributed by atoms with van der Waals surface area (Å²) in [6.45, 7) is 0. The third kappa shape index (κ3) is 3.52. The fourth-order valence-corrected chi connectivity index (χ4v) is 4.76. The average molecular weight is 286 g/mol. The van der Waals surface area contributed by atoms with Gasteiger partial charge in [-0.05, 0) is 37.0 Å². The number of hydrogen-bond donors (Lipinski definition) is 2. The Bertz CT molecular complexity index is 533. The lowest BCUT2D eigenvalue weighted by atomic mass is 10.00. The molecule has 1 aromatic rings. The van der Waals surface area contributed by atoms with Crippen molar-refractivity contribution in [1.82, 2.24) is 5.43 Å². The number of sulfone groups is 1. The molecule has 1 fully saturated rings. The van der Waals surface area contributed by atoms with Crippen LogP contribution in [0.3, 0.4) is 0 Å². The van der Waals surface area contributed by atoms with Crippen LogP contribution in [0.1, 0.15) is 24.8 Å². The summed E-state index contributed by atoms with van der Waals surface area (Å²) in [6, 6.07) is 5.81. The molecule has 3 N–H and O–H groups in total. The molecule has 0 aromatic heterocycles. The molecule has 106 valence electrons. The topological polar surface area (TPSA) is 72.2 Å². The van der Waals surface area contributed by atoms with Crippen molar-refractivity contribution in [3.63, 3.8) is 0 Å². The molecule has 2 atom stereocenters. The molecule has 0 saturated carbocycles. The molecular weight excluding hydrogens is 267 g/mol. The number of hydrazine groups is 1. The van der Waals surface area contributed by atoms with Gasteiger partial charge in [-0.1, -0.05) is 18.6 Å². The molecular formula is C13H19FN2O2S. The van der Waals surface area contributed by atoms with E-state index in [2.05, 4.69) is 5.43 Å². The van der Waals surface area contributed by atoms with Crippen LogP contribution in [-0.4, -0.2) is 25.5 Å². The number of nitrogens with one attached hydrogen (secondary N) is 1. The van der Waals surface area contributed by atoms with Gasteiger partial charge in [0.2, 0.25) is 0 Å². The summed E-state index contributed by atoms with van der Waals surface area (Å²) in [4.78, 5) is 0. The summed E-state index contributed by atoms with van der Waals surface area (Å²) < 4.78 is 37.3. The second-order valence-corrected chi connectivity index (χ2v) is 7.35. The molecule has 1 aromatic carbocycles. The quantitative estimate of drug-likeness (QED) is 0.644. The predicted molar refractivity (Wildman–Crippen MR) is 72.6 cm³/mol. The van der Waals surface area contributed by atoms with E-state index in [9.17, 15) is 12.8 Å². The molecule has 1 heterocycles. The Morgan fingerprint density at radius 2 is 2.21 bits per heavy atom. The molecule has 19 heavy (non-hydrogen) atoms. The number of halogens is 1. The lowest BCUT2D eigenvalue weighted by molar-refractivity contribution is 0.440. The number of benzene rings is 1. The van der Waals surface area contributed by atoms with Gasteiger partial charge in [0.25, 0.3) is 0 Å². The Hall–Kier alpha value is -0.980. The number of rotatable bonds is 4. The second-order valence-electron chi connectivity index (χ2n) is 5.01. The molecule has 6 heteroatoms. The lowest BCUT2D eigenvalue weighted by Gasteiger charge is -2.29. The Morgan fingerprint density at radius 3 is 2.84 bits per heavy atom. The largest absolute Gasteiger partial charge is 0.271 e. The molecule has 0 amide bonds. The second kappa shape index (κ2) is 5.98. The first-order valence-electron chi connectivity index (χ1n) is 6.45. The van der Waals surface area contributed by atoms with Gasteiger partial charge >= 0.3 is 0 Å². The van der Waals surface area contributed by atoms with E-state index in [0.717, 1.165) is 18.4 Å². The molecule has 1 saturated heterocycles. The predicted octanol–water partition coefficient (Wildman–Crippen LogP) is 1.17. The highest BCUT2D eigenvalue weighted by Crippen LogP contribution is 2.24. The van der Waals surface area contributed by atoms with Crippen LogP contribution in [0.4, 0.5) is 4.39 Å². The minimum atomic E-state index is -3.10. The smallest absolute Gasteiger partial charge is 0.154 e. The minimum Gasteiger partial charge on any atom is -0.271 e. The van der Waals surface area contributed by atoms with Crippen LogP contribution >= 0.6 is 0 Å². The third-order valence-electron chi connectivity index (χ3n) is 3.64. The zero-order valence-electron chi connectivity index (χ0n) is 10.7. The SMILES string of the molecule is NNC(Cc1cccc(F)c1)C1CCCCS1(=O)=O. The summed E-state index contributed by atoms with van der Waals surface area (Å²) in [7, 11) is -3.10. The first kappa shape index (κ1) is 14.4. The maximum atomic E-state index is 13.1. The van der Waals surface area contributed by atoms with Crippen LogP contribution in [0.15, 0.2) is 24.3 Å². The highest BCUT2D eigenvalue weighted by Gasteiger charge is 2.35. The monoisotopic (exact) mass is 286 g/mol. The molecule has 1 aliphatic heterocycles. The van der Waals surface area contributed by atoms with E-state index in [-0.39, 0.29) is 17.6 Å². The molecule has 4 nitrogen and oxygen atoms in total. The summed E-state index contributed by atoms with van der Waals surface area (Å²) >= 11 is 0. The van der Waals surface area contributed by atoms with Gasteiger partial charge in [0.1, 0.15) is 5.82 Å². The number of nitrogens with two attached hydrogens (primary N) is 1. The fraction of sp³-hybridized carbons (Fsp3) is 0.538. The maximum absolute atomic E-state index is 13.1. The molecule has 1 aliphatic rings. The van der Waals surface area contributed by atoms with Crippen molar-refractivity contribution in [3.05, 3.63) is 35.6 Å². The van der Waals surface area contributed by atoms with Gasteiger partial charge in [-0.25, -0.2) is 12.8 Å². The van der Waals surface area contributed by atoms with Gasteiger partial charge in [0.05, 0.1) is 11.0 Å². The molecule has 2 rings (SSSR count). The fourth-order valence-electron chi connectivity index (χ4n) is 2.65. The zero-order valence-corrected chi connectivity index (χ0v) is 11.5. The van der Waals surface area contributed by atoms with Crippen LogP contribution in [0.2, 0.25) is 0 Å². The van der Waals surface area contributed by atoms with E-state index in [1.54, 1.807) is 12.1 Å². The van der Waals surface area contributed by atoms with Crippen LogP contribution in [0.5, 0.6) is 0 Å². The van der Waals surface area contributed by atoms with E-state index < -0.39 is 15.1 Å². The van der Waals surface area contributed by atoms with Crippen molar-refractivity contribution in [2.75, 3.05) is 5.75 Å². The van der Waals surface area contributed by atoms with E-state index in [1.807, 2.05) is 0 Å². The molecule has 0 bridgehead atoms. The maximum Gasteiger partial charge on any atom is 0.154 e. The first-order valence-corrected chi connectivity index (χ1v) is 8.16. The normalized spacial score (nSPS) is 24.0. The van der Waals surface area contributed by atoms with Gasteiger partial charge in [-0.2, -0.15) is 0 Å². The standard InChI is InChI=1S/C13H19FN2O2S/c14-11-5-3-4-10(8-11)9-12(16-15)13-6-1-2-7-19(13,17)18/h3-5,8,12-13,16H,1-2,6-7,9,15H2. The first-order chi connectivity index (χ1) is 9.03. The van der Waals surface area contributed by atoms with Gasteiger partial charge in [0.15, 0.2) is 9.84 Å². The van der Waals surface area contributed by atoms with E-state index in [4.69, 9.17) is 5.84 Å². The summed E-state index contributed by atoms with van der Waals surface area (Å²) in [6.07, 6.45) is 2.64. The van der Waals surface area contributed by atoms with Gasteiger partial charge in [-0.3, -0.25) is 11.3 Å². The molecule has 0 radical (unpaired) electrons. The van der Waals surface area contributed by atoms with Crippen LogP contribution < -0.4 is 11.3 Å². The van der Waals surface area contributed by atoms with Crippen LogP contribution in [-0.2, 0) is 16.3 Å². The van der Waals surface area contributed by atoms with Crippen LogP contribution in [0.25, 0.3) is 0 Å². The highest BCUT2D eigenvalue weighted by atomic mass is 32.2. The highest BCUT2D eigenvalue weighted by molar-refractivity contribution is 7.92. The van der Waals surface area contributed by atoms with Crippen molar-refractivity contribution in [1.29, 1.82) is 0 Å². The van der Waals surface area contributed by atoms with E-state index in [0.29, 0.717) is 12.8 Å². The van der Waals surface area contributed by atoms with Crippen molar-refractivity contribution in [2.45, 2.75) is 37.0 Å². The number of hydrogen-bond acceptors (Lipinski definition) is 4. The Labute approximate surface area is 113 Å².